The summed E-state index contributed by atoms with van der Waals surface area (Å²) in [6.07, 6.45) is 1.97. The molecule has 0 aliphatic heterocycles. The molecular formula is C14H23NO2S2. The van der Waals surface area contributed by atoms with Crippen molar-refractivity contribution in [1.29, 1.82) is 0 Å². The zero-order valence-electron chi connectivity index (χ0n) is 11.8. The summed E-state index contributed by atoms with van der Waals surface area (Å²) in [7, 11) is -2.88. The van der Waals surface area contributed by atoms with Gasteiger partial charge < -0.3 is 5.32 Å². The molecule has 3 nitrogen and oxygen atoms in total. The number of benzene rings is 1. The molecule has 0 aromatic heterocycles. The predicted molar refractivity (Wildman–Crippen MR) is 83.7 cm³/mol. The Hall–Kier alpha value is -0.520. The predicted octanol–water partition coefficient (Wildman–Crippen LogP) is 2.50. The highest BCUT2D eigenvalue weighted by atomic mass is 32.2. The second-order valence-corrected chi connectivity index (χ2v) is 8.15. The minimum Gasteiger partial charge on any atom is -0.313 e. The Labute approximate surface area is 121 Å². The number of rotatable bonds is 8. The van der Waals surface area contributed by atoms with Crippen LogP contribution in [-0.4, -0.2) is 38.8 Å². The molecule has 0 amide bonds. The van der Waals surface area contributed by atoms with Crippen LogP contribution < -0.4 is 5.32 Å². The molecule has 0 saturated heterocycles. The van der Waals surface area contributed by atoms with E-state index >= 15 is 0 Å². The molecule has 108 valence electrons. The van der Waals surface area contributed by atoms with Crippen molar-refractivity contribution in [3.8, 4) is 0 Å². The van der Waals surface area contributed by atoms with E-state index in [1.165, 1.54) is 16.7 Å². The van der Waals surface area contributed by atoms with Crippen LogP contribution in [0.15, 0.2) is 29.2 Å². The summed E-state index contributed by atoms with van der Waals surface area (Å²) in [5.74, 6) is 1.14. The lowest BCUT2D eigenvalue weighted by Crippen LogP contribution is -2.33. The maximum Gasteiger partial charge on any atom is 0.147 e. The van der Waals surface area contributed by atoms with Crippen LogP contribution in [0.2, 0.25) is 0 Å². The molecule has 1 aromatic rings. The van der Waals surface area contributed by atoms with E-state index in [2.05, 4.69) is 36.5 Å². The van der Waals surface area contributed by atoms with Gasteiger partial charge in [0.15, 0.2) is 0 Å². The summed E-state index contributed by atoms with van der Waals surface area (Å²) < 4.78 is 22.4. The Bertz CT molecular complexity index is 486. The maximum atomic E-state index is 11.2. The number of thioether (sulfide) groups is 1. The van der Waals surface area contributed by atoms with E-state index in [1.54, 1.807) is 11.8 Å². The SMILES string of the molecule is CCNC(CCS(C)(=O)=O)CSc1cccc(C)c1. The Balaban J connectivity index is 2.49. The molecule has 0 fully saturated rings. The monoisotopic (exact) mass is 301 g/mol. The van der Waals surface area contributed by atoms with E-state index in [9.17, 15) is 8.42 Å². The van der Waals surface area contributed by atoms with Crippen molar-refractivity contribution < 1.29 is 8.42 Å². The first kappa shape index (κ1) is 16.5. The highest BCUT2D eigenvalue weighted by Crippen LogP contribution is 2.20. The fourth-order valence-electron chi connectivity index (χ4n) is 1.79. The first-order chi connectivity index (χ1) is 8.90. The average molecular weight is 301 g/mol. The van der Waals surface area contributed by atoms with Crippen molar-refractivity contribution in [2.24, 2.45) is 0 Å². The van der Waals surface area contributed by atoms with Gasteiger partial charge in [0.1, 0.15) is 9.84 Å². The maximum absolute atomic E-state index is 11.2. The summed E-state index contributed by atoms with van der Waals surface area (Å²) in [5, 5.41) is 3.35. The first-order valence-electron chi connectivity index (χ1n) is 6.51. The highest BCUT2D eigenvalue weighted by molar-refractivity contribution is 7.99. The van der Waals surface area contributed by atoms with Gasteiger partial charge in [0.2, 0.25) is 0 Å². The molecule has 0 saturated carbocycles. The van der Waals surface area contributed by atoms with Gasteiger partial charge in [0.05, 0.1) is 5.75 Å². The van der Waals surface area contributed by atoms with Crippen LogP contribution in [0.25, 0.3) is 0 Å². The van der Waals surface area contributed by atoms with Crippen molar-refractivity contribution in [3.05, 3.63) is 29.8 Å². The molecule has 1 atom stereocenters. The van der Waals surface area contributed by atoms with E-state index in [1.807, 2.05) is 6.92 Å². The average Bonchev–Trinajstić information content (AvgIpc) is 2.32. The van der Waals surface area contributed by atoms with Gasteiger partial charge in [0, 0.05) is 22.9 Å². The summed E-state index contributed by atoms with van der Waals surface area (Å²) in [5.41, 5.74) is 1.25. The minimum atomic E-state index is -2.88. The fraction of sp³-hybridized carbons (Fsp3) is 0.571. The highest BCUT2D eigenvalue weighted by Gasteiger charge is 2.11. The molecule has 0 bridgehead atoms. The largest absolute Gasteiger partial charge is 0.313 e. The Morgan fingerprint density at radius 2 is 2.11 bits per heavy atom. The van der Waals surface area contributed by atoms with Gasteiger partial charge in [-0.25, -0.2) is 8.42 Å². The molecule has 1 rings (SSSR count). The van der Waals surface area contributed by atoms with Crippen molar-refractivity contribution in [2.75, 3.05) is 24.3 Å². The van der Waals surface area contributed by atoms with Gasteiger partial charge in [-0.15, -0.1) is 11.8 Å². The van der Waals surface area contributed by atoms with Crippen LogP contribution in [-0.2, 0) is 9.84 Å². The van der Waals surface area contributed by atoms with Crippen LogP contribution in [0.1, 0.15) is 18.9 Å². The second kappa shape index (κ2) is 7.92. The molecule has 5 heteroatoms. The van der Waals surface area contributed by atoms with Crippen LogP contribution in [0.5, 0.6) is 0 Å². The van der Waals surface area contributed by atoms with Gasteiger partial charge in [-0.3, -0.25) is 0 Å². The van der Waals surface area contributed by atoms with Crippen molar-refractivity contribution in [3.63, 3.8) is 0 Å². The minimum absolute atomic E-state index is 0.241. The molecule has 1 aromatic carbocycles. The smallest absolute Gasteiger partial charge is 0.147 e. The lowest BCUT2D eigenvalue weighted by atomic mass is 10.2. The van der Waals surface area contributed by atoms with E-state index in [-0.39, 0.29) is 11.8 Å². The second-order valence-electron chi connectivity index (χ2n) is 4.80. The molecule has 1 unspecified atom stereocenters. The molecule has 19 heavy (non-hydrogen) atoms. The molecule has 0 spiro atoms. The Morgan fingerprint density at radius 3 is 2.68 bits per heavy atom. The number of hydrogen-bond acceptors (Lipinski definition) is 4. The first-order valence-corrected chi connectivity index (χ1v) is 9.56. The van der Waals surface area contributed by atoms with Gasteiger partial charge in [-0.05, 0) is 32.0 Å². The van der Waals surface area contributed by atoms with Crippen LogP contribution in [0, 0.1) is 6.92 Å². The lowest BCUT2D eigenvalue weighted by Gasteiger charge is -2.17. The van der Waals surface area contributed by atoms with E-state index in [0.29, 0.717) is 6.42 Å². The third kappa shape index (κ3) is 7.60. The van der Waals surface area contributed by atoms with Crippen molar-refractivity contribution in [2.45, 2.75) is 31.2 Å². The van der Waals surface area contributed by atoms with E-state index < -0.39 is 9.84 Å². The quantitative estimate of drug-likeness (QED) is 0.749. The Morgan fingerprint density at radius 1 is 1.37 bits per heavy atom. The van der Waals surface area contributed by atoms with Crippen molar-refractivity contribution in [1.82, 2.24) is 5.32 Å². The van der Waals surface area contributed by atoms with Gasteiger partial charge >= 0.3 is 0 Å². The van der Waals surface area contributed by atoms with Gasteiger partial charge in [-0.1, -0.05) is 24.6 Å². The van der Waals surface area contributed by atoms with Crippen LogP contribution >= 0.6 is 11.8 Å². The van der Waals surface area contributed by atoms with Crippen molar-refractivity contribution >= 4 is 21.6 Å². The van der Waals surface area contributed by atoms with Gasteiger partial charge in [0.25, 0.3) is 0 Å². The fourth-order valence-corrected chi connectivity index (χ4v) is 3.63. The molecule has 0 aliphatic carbocycles. The zero-order valence-corrected chi connectivity index (χ0v) is 13.5. The summed E-state index contributed by atoms with van der Waals surface area (Å²) in [4.78, 5) is 1.24. The molecular weight excluding hydrogens is 278 g/mol. The molecule has 0 aliphatic rings. The standard InChI is InChI=1S/C14H23NO2S2/c1-4-15-13(8-9-19(3,16)17)11-18-14-7-5-6-12(2)10-14/h5-7,10,13,15H,4,8-9,11H2,1-3H3. The number of nitrogens with one attached hydrogen (secondary N) is 1. The molecule has 0 radical (unpaired) electrons. The topological polar surface area (TPSA) is 46.2 Å². The van der Waals surface area contributed by atoms with E-state index in [0.717, 1.165) is 12.3 Å². The van der Waals surface area contributed by atoms with Gasteiger partial charge in [-0.2, -0.15) is 0 Å². The lowest BCUT2D eigenvalue weighted by molar-refractivity contribution is 0.548. The third-order valence-corrected chi connectivity index (χ3v) is 4.90. The summed E-state index contributed by atoms with van der Waals surface area (Å²) in [6.45, 7) is 4.99. The third-order valence-electron chi connectivity index (χ3n) is 2.77. The molecule has 1 N–H and O–H groups in total. The zero-order chi connectivity index (χ0) is 14.3. The molecule has 0 heterocycles. The van der Waals surface area contributed by atoms with E-state index in [4.69, 9.17) is 0 Å². The van der Waals surface area contributed by atoms with Crippen LogP contribution in [0.3, 0.4) is 0 Å². The Kier molecular flexibility index (Phi) is 6.89. The number of hydrogen-bond donors (Lipinski definition) is 1. The van der Waals surface area contributed by atoms with Crippen LogP contribution in [0.4, 0.5) is 0 Å². The summed E-state index contributed by atoms with van der Waals surface area (Å²) in [6, 6.07) is 8.62. The normalized spacial score (nSPS) is 13.4. The summed E-state index contributed by atoms with van der Waals surface area (Å²) >= 11 is 1.78. The number of aryl methyl sites for hydroxylation is 1. The number of sulfone groups is 1.